The molecule has 1 atom stereocenters. The van der Waals surface area contributed by atoms with E-state index in [-0.39, 0.29) is 6.04 Å². The van der Waals surface area contributed by atoms with E-state index >= 15 is 0 Å². The van der Waals surface area contributed by atoms with E-state index in [9.17, 15) is 0 Å². The van der Waals surface area contributed by atoms with Crippen LogP contribution < -0.4 is 16.0 Å². The molecule has 0 saturated carbocycles. The summed E-state index contributed by atoms with van der Waals surface area (Å²) in [5, 5.41) is 4.35. The van der Waals surface area contributed by atoms with Crippen LogP contribution in [0.1, 0.15) is 30.8 Å². The van der Waals surface area contributed by atoms with Crippen LogP contribution in [0.5, 0.6) is 5.75 Å². The third kappa shape index (κ3) is 2.84. The fraction of sp³-hybridized carbons (Fsp3) is 0.385. The average molecular weight is 340 g/mol. The molecule has 0 aliphatic heterocycles. The van der Waals surface area contributed by atoms with E-state index in [0.29, 0.717) is 5.75 Å². The number of hydrogen-bond acceptors (Lipinski definition) is 5. The van der Waals surface area contributed by atoms with Crippen molar-refractivity contribution in [3.63, 3.8) is 0 Å². The van der Waals surface area contributed by atoms with Crippen LogP contribution in [0.15, 0.2) is 29.0 Å². The molecule has 0 saturated heterocycles. The summed E-state index contributed by atoms with van der Waals surface area (Å²) in [4.78, 5) is 4.40. The first kappa shape index (κ1) is 15.0. The van der Waals surface area contributed by atoms with Gasteiger partial charge in [-0.05, 0) is 34.5 Å². The normalized spacial score (nSPS) is 12.4. The zero-order valence-corrected chi connectivity index (χ0v) is 13.1. The number of nitrogens with one attached hydrogen (secondary N) is 1. The number of aromatic nitrogens is 3. The Morgan fingerprint density at radius 3 is 2.95 bits per heavy atom. The van der Waals surface area contributed by atoms with Gasteiger partial charge in [-0.15, -0.1) is 0 Å². The summed E-state index contributed by atoms with van der Waals surface area (Å²) in [6.07, 6.45) is 4.40. The quantitative estimate of drug-likeness (QED) is 0.621. The van der Waals surface area contributed by atoms with Crippen LogP contribution in [-0.2, 0) is 6.54 Å². The van der Waals surface area contributed by atoms with E-state index in [1.54, 1.807) is 19.5 Å². The van der Waals surface area contributed by atoms with Crippen LogP contribution in [0.2, 0.25) is 0 Å². The molecule has 3 N–H and O–H groups in total. The number of pyridine rings is 1. The molecule has 0 aliphatic carbocycles. The highest BCUT2D eigenvalue weighted by molar-refractivity contribution is 9.10. The monoisotopic (exact) mass is 339 g/mol. The number of nitrogens with two attached hydrogens (primary N) is 1. The maximum atomic E-state index is 5.75. The van der Waals surface area contributed by atoms with Crippen LogP contribution in [0.25, 0.3) is 0 Å². The first-order chi connectivity index (χ1) is 9.72. The lowest BCUT2D eigenvalue weighted by molar-refractivity contribution is 0.397. The molecule has 2 heterocycles. The molecule has 0 fully saturated rings. The molecule has 2 aromatic heterocycles. The number of halogens is 1. The average Bonchev–Trinajstić information content (AvgIpc) is 2.85. The highest BCUT2D eigenvalue weighted by Crippen LogP contribution is 2.31. The maximum absolute atomic E-state index is 5.75. The van der Waals surface area contributed by atoms with Gasteiger partial charge >= 0.3 is 0 Å². The topological polar surface area (TPSA) is 78.0 Å². The zero-order valence-electron chi connectivity index (χ0n) is 11.5. The number of nitrogens with zero attached hydrogens (tertiary/aromatic N) is 3. The lowest BCUT2D eigenvalue weighted by Gasteiger charge is -2.19. The minimum Gasteiger partial charge on any atom is -0.493 e. The second-order valence-corrected chi connectivity index (χ2v) is 5.15. The van der Waals surface area contributed by atoms with Crippen LogP contribution >= 0.6 is 15.9 Å². The molecule has 0 bridgehead atoms. The Labute approximate surface area is 126 Å². The Balaban J connectivity index is 2.51. The number of hydrogen-bond donors (Lipinski definition) is 2. The van der Waals surface area contributed by atoms with Crippen LogP contribution in [-0.4, -0.2) is 21.9 Å². The Morgan fingerprint density at radius 2 is 2.35 bits per heavy atom. The van der Waals surface area contributed by atoms with Crippen LogP contribution in [0.4, 0.5) is 0 Å². The minimum absolute atomic E-state index is 0.297. The van der Waals surface area contributed by atoms with Crippen molar-refractivity contribution in [1.29, 1.82) is 0 Å². The van der Waals surface area contributed by atoms with Crippen molar-refractivity contribution in [3.05, 3.63) is 40.4 Å². The molecule has 0 aliphatic rings. The molecule has 2 aromatic rings. The van der Waals surface area contributed by atoms with Gasteiger partial charge in [0, 0.05) is 17.2 Å². The van der Waals surface area contributed by atoms with Gasteiger partial charge in [-0.3, -0.25) is 15.5 Å². The molecular formula is C13H18BrN5O. The smallest absolute Gasteiger partial charge is 0.162 e. The van der Waals surface area contributed by atoms with Gasteiger partial charge < -0.3 is 4.74 Å². The lowest BCUT2D eigenvalue weighted by Crippen LogP contribution is -2.32. The van der Waals surface area contributed by atoms with Crippen molar-refractivity contribution in [2.24, 2.45) is 5.84 Å². The van der Waals surface area contributed by atoms with Gasteiger partial charge in [0.2, 0.25) is 0 Å². The standard InChI is InChI=1S/C13H18BrN5O/c1-3-7-19-13(10(20-2)8-17-19)12(18-15)11-9(14)5-4-6-16-11/h4-6,8,12,18H,3,7,15H2,1-2H3. The summed E-state index contributed by atoms with van der Waals surface area (Å²) in [5.41, 5.74) is 4.47. The predicted molar refractivity (Wildman–Crippen MR) is 80.2 cm³/mol. The van der Waals surface area contributed by atoms with Crippen molar-refractivity contribution in [1.82, 2.24) is 20.2 Å². The van der Waals surface area contributed by atoms with Gasteiger partial charge in [0.05, 0.1) is 19.0 Å². The molecule has 108 valence electrons. The minimum atomic E-state index is -0.297. The molecule has 2 rings (SSSR count). The molecule has 6 nitrogen and oxygen atoms in total. The van der Waals surface area contributed by atoms with Crippen molar-refractivity contribution in [3.8, 4) is 5.75 Å². The lowest BCUT2D eigenvalue weighted by atomic mass is 10.1. The Hall–Kier alpha value is -1.44. The van der Waals surface area contributed by atoms with E-state index in [1.807, 2.05) is 16.8 Å². The third-order valence-electron chi connectivity index (χ3n) is 3.00. The summed E-state index contributed by atoms with van der Waals surface area (Å²) in [5.74, 6) is 6.44. The summed E-state index contributed by atoms with van der Waals surface area (Å²) in [6.45, 7) is 2.89. The molecule has 0 aromatic carbocycles. The summed E-state index contributed by atoms with van der Waals surface area (Å²) in [7, 11) is 1.62. The maximum Gasteiger partial charge on any atom is 0.162 e. The number of rotatable bonds is 6. The van der Waals surface area contributed by atoms with Crippen molar-refractivity contribution in [2.75, 3.05) is 7.11 Å². The summed E-state index contributed by atoms with van der Waals surface area (Å²) >= 11 is 3.50. The number of aryl methyl sites for hydroxylation is 1. The second kappa shape index (κ2) is 6.83. The van der Waals surface area contributed by atoms with Gasteiger partial charge in [-0.25, -0.2) is 5.43 Å². The van der Waals surface area contributed by atoms with E-state index < -0.39 is 0 Å². The van der Waals surface area contributed by atoms with E-state index in [1.165, 1.54) is 0 Å². The van der Waals surface area contributed by atoms with Gasteiger partial charge in [-0.1, -0.05) is 6.92 Å². The molecule has 20 heavy (non-hydrogen) atoms. The summed E-state index contributed by atoms with van der Waals surface area (Å²) in [6, 6.07) is 3.50. The number of hydrazine groups is 1. The van der Waals surface area contributed by atoms with Crippen molar-refractivity contribution < 1.29 is 4.74 Å². The number of ether oxygens (including phenoxy) is 1. The zero-order chi connectivity index (χ0) is 14.5. The predicted octanol–water partition coefficient (Wildman–Crippen LogP) is 2.01. The summed E-state index contributed by atoms with van der Waals surface area (Å²) < 4.78 is 8.17. The van der Waals surface area contributed by atoms with Gasteiger partial charge in [0.15, 0.2) is 5.75 Å². The second-order valence-electron chi connectivity index (χ2n) is 4.29. The van der Waals surface area contributed by atoms with Gasteiger partial charge in [0.25, 0.3) is 0 Å². The SMILES string of the molecule is CCCn1ncc(OC)c1C(NN)c1ncccc1Br. The van der Waals surface area contributed by atoms with Gasteiger partial charge in [-0.2, -0.15) is 5.10 Å². The molecule has 7 heteroatoms. The molecular weight excluding hydrogens is 322 g/mol. The van der Waals surface area contributed by atoms with E-state index in [0.717, 1.165) is 28.8 Å². The fourth-order valence-electron chi connectivity index (χ4n) is 2.11. The largest absolute Gasteiger partial charge is 0.493 e. The molecule has 0 amide bonds. The Kier molecular flexibility index (Phi) is 5.11. The highest BCUT2D eigenvalue weighted by atomic mass is 79.9. The van der Waals surface area contributed by atoms with E-state index in [4.69, 9.17) is 10.6 Å². The Bertz CT molecular complexity index is 572. The first-order valence-corrected chi connectivity index (χ1v) is 7.18. The molecule has 1 unspecified atom stereocenters. The Morgan fingerprint density at radius 1 is 1.55 bits per heavy atom. The van der Waals surface area contributed by atoms with Gasteiger partial charge in [0.1, 0.15) is 11.7 Å². The van der Waals surface area contributed by atoms with Crippen molar-refractivity contribution >= 4 is 15.9 Å². The highest BCUT2D eigenvalue weighted by Gasteiger charge is 2.25. The molecule has 0 radical (unpaired) electrons. The van der Waals surface area contributed by atoms with Crippen molar-refractivity contribution in [2.45, 2.75) is 25.9 Å². The molecule has 0 spiro atoms. The van der Waals surface area contributed by atoms with E-state index in [2.05, 4.69) is 38.4 Å². The van der Waals surface area contributed by atoms with Crippen LogP contribution in [0.3, 0.4) is 0 Å². The van der Waals surface area contributed by atoms with Crippen LogP contribution in [0, 0.1) is 0 Å². The first-order valence-electron chi connectivity index (χ1n) is 6.39. The number of methoxy groups -OCH3 is 1. The third-order valence-corrected chi connectivity index (χ3v) is 3.67. The fourth-order valence-corrected chi connectivity index (χ4v) is 2.60.